The first kappa shape index (κ1) is 13.0. The van der Waals surface area contributed by atoms with E-state index in [1.807, 2.05) is 0 Å². The molecule has 0 aliphatic heterocycles. The molecule has 0 spiro atoms. The lowest BCUT2D eigenvalue weighted by Crippen LogP contribution is -2.17. The van der Waals surface area contributed by atoms with Gasteiger partial charge in [0.05, 0.1) is 18.9 Å². The van der Waals surface area contributed by atoms with Crippen molar-refractivity contribution in [2.24, 2.45) is 0 Å². The maximum Gasteiger partial charge on any atom is 0.311 e. The van der Waals surface area contributed by atoms with Crippen LogP contribution >= 0.6 is 0 Å². The Labute approximate surface area is 98.6 Å². The Hall–Kier alpha value is -2.04. The number of carboxylic acids is 2. The Bertz CT molecular complexity index is 413. The highest BCUT2D eigenvalue weighted by Crippen LogP contribution is 2.29. The Kier molecular flexibility index (Phi) is 4.51. The molecule has 0 bridgehead atoms. The summed E-state index contributed by atoms with van der Waals surface area (Å²) in [6.07, 6.45) is -0.459. The van der Waals surface area contributed by atoms with Crippen LogP contribution in [0.3, 0.4) is 0 Å². The van der Waals surface area contributed by atoms with E-state index in [9.17, 15) is 9.59 Å². The molecule has 0 aliphatic carbocycles. The van der Waals surface area contributed by atoms with Crippen LogP contribution in [0.25, 0.3) is 0 Å². The maximum atomic E-state index is 11.1. The topological polar surface area (TPSA) is 83.8 Å². The molecule has 1 atom stereocenters. The van der Waals surface area contributed by atoms with Gasteiger partial charge >= 0.3 is 11.9 Å². The molecule has 0 saturated heterocycles. The summed E-state index contributed by atoms with van der Waals surface area (Å²) < 4.78 is 5.29. The Balaban J connectivity index is 3.08. The molecule has 17 heavy (non-hydrogen) atoms. The number of carbonyl (C=O) groups is 2. The molecule has 0 heterocycles. The van der Waals surface area contributed by atoms with Gasteiger partial charge in [0.1, 0.15) is 5.75 Å². The number of hydrogen-bond acceptors (Lipinski definition) is 3. The lowest BCUT2D eigenvalue weighted by Gasteiger charge is -2.15. The molecule has 0 amide bonds. The smallest absolute Gasteiger partial charge is 0.311 e. The van der Waals surface area contributed by atoms with Crippen molar-refractivity contribution in [1.82, 2.24) is 0 Å². The molecule has 5 heteroatoms. The van der Waals surface area contributed by atoms with Crippen molar-refractivity contribution in [2.75, 3.05) is 6.61 Å². The Morgan fingerprint density at radius 2 is 1.94 bits per heavy atom. The van der Waals surface area contributed by atoms with Crippen LogP contribution in [-0.4, -0.2) is 28.8 Å². The van der Waals surface area contributed by atoms with Gasteiger partial charge in [-0.1, -0.05) is 18.2 Å². The lowest BCUT2D eigenvalue weighted by molar-refractivity contribution is -0.145. The van der Waals surface area contributed by atoms with E-state index in [2.05, 4.69) is 0 Å². The Morgan fingerprint density at radius 1 is 1.29 bits per heavy atom. The molecular formula is C12H14O5. The van der Waals surface area contributed by atoms with Crippen molar-refractivity contribution >= 4 is 11.9 Å². The van der Waals surface area contributed by atoms with Crippen LogP contribution in [-0.2, 0) is 9.59 Å². The summed E-state index contributed by atoms with van der Waals surface area (Å²) >= 11 is 0. The SMILES string of the molecule is CCOc1ccccc1C(CC(=O)O)C(=O)O. The summed E-state index contributed by atoms with van der Waals surface area (Å²) in [5, 5.41) is 17.8. The molecule has 92 valence electrons. The minimum Gasteiger partial charge on any atom is -0.494 e. The van der Waals surface area contributed by atoms with Gasteiger partial charge in [-0.05, 0) is 13.0 Å². The molecule has 0 aromatic heterocycles. The number of benzene rings is 1. The highest BCUT2D eigenvalue weighted by molar-refractivity contribution is 5.83. The zero-order valence-electron chi connectivity index (χ0n) is 9.42. The monoisotopic (exact) mass is 238 g/mol. The third-order valence-electron chi connectivity index (χ3n) is 2.27. The van der Waals surface area contributed by atoms with E-state index in [4.69, 9.17) is 14.9 Å². The standard InChI is InChI=1S/C12H14O5/c1-2-17-10-6-4-3-5-8(10)9(12(15)16)7-11(13)14/h3-6,9H,2,7H2,1H3,(H,13,14)(H,15,16). The minimum atomic E-state index is -1.17. The van der Waals surface area contributed by atoms with Crippen molar-refractivity contribution in [3.8, 4) is 5.75 Å². The molecule has 0 fully saturated rings. The van der Waals surface area contributed by atoms with E-state index in [0.29, 0.717) is 17.9 Å². The Morgan fingerprint density at radius 3 is 2.47 bits per heavy atom. The van der Waals surface area contributed by atoms with Gasteiger partial charge in [-0.25, -0.2) is 0 Å². The van der Waals surface area contributed by atoms with E-state index in [1.165, 1.54) is 0 Å². The fraction of sp³-hybridized carbons (Fsp3) is 0.333. The predicted octanol–water partition coefficient (Wildman–Crippen LogP) is 1.73. The summed E-state index contributed by atoms with van der Waals surface area (Å²) in [7, 11) is 0. The van der Waals surface area contributed by atoms with Gasteiger partial charge in [0.2, 0.25) is 0 Å². The van der Waals surface area contributed by atoms with Gasteiger partial charge < -0.3 is 14.9 Å². The van der Waals surface area contributed by atoms with E-state index in [-0.39, 0.29) is 0 Å². The van der Waals surface area contributed by atoms with E-state index >= 15 is 0 Å². The normalized spacial score (nSPS) is 11.8. The summed E-state index contributed by atoms with van der Waals surface area (Å²) in [6.45, 7) is 2.18. The van der Waals surface area contributed by atoms with Gasteiger partial charge in [-0.2, -0.15) is 0 Å². The molecule has 1 aromatic carbocycles. The average Bonchev–Trinajstić information content (AvgIpc) is 2.27. The fourth-order valence-corrected chi connectivity index (χ4v) is 1.56. The van der Waals surface area contributed by atoms with Crippen LogP contribution in [0.4, 0.5) is 0 Å². The third-order valence-corrected chi connectivity index (χ3v) is 2.27. The zero-order chi connectivity index (χ0) is 12.8. The first-order chi connectivity index (χ1) is 8.06. The van der Waals surface area contributed by atoms with Gasteiger partial charge in [0.15, 0.2) is 0 Å². The highest BCUT2D eigenvalue weighted by Gasteiger charge is 2.25. The number of carboxylic acid groups (broad SMARTS) is 2. The van der Waals surface area contributed by atoms with Crippen molar-refractivity contribution in [2.45, 2.75) is 19.3 Å². The van der Waals surface area contributed by atoms with Crippen LogP contribution in [0.2, 0.25) is 0 Å². The van der Waals surface area contributed by atoms with E-state index in [1.54, 1.807) is 31.2 Å². The first-order valence-corrected chi connectivity index (χ1v) is 5.22. The molecule has 0 radical (unpaired) electrons. The second-order valence-corrected chi connectivity index (χ2v) is 3.46. The van der Waals surface area contributed by atoms with E-state index < -0.39 is 24.3 Å². The number of hydrogen-bond donors (Lipinski definition) is 2. The van der Waals surface area contributed by atoms with Crippen molar-refractivity contribution < 1.29 is 24.5 Å². The highest BCUT2D eigenvalue weighted by atomic mass is 16.5. The lowest BCUT2D eigenvalue weighted by atomic mass is 9.95. The van der Waals surface area contributed by atoms with Gasteiger partial charge in [0.25, 0.3) is 0 Å². The van der Waals surface area contributed by atoms with Gasteiger partial charge in [0, 0.05) is 5.56 Å². The molecule has 1 aromatic rings. The van der Waals surface area contributed by atoms with E-state index in [0.717, 1.165) is 0 Å². The molecular weight excluding hydrogens is 224 g/mol. The van der Waals surface area contributed by atoms with Crippen LogP contribution < -0.4 is 4.74 Å². The summed E-state index contributed by atoms with van der Waals surface area (Å²) in [5.74, 6) is -2.98. The largest absolute Gasteiger partial charge is 0.494 e. The predicted molar refractivity (Wildman–Crippen MR) is 60.2 cm³/mol. The zero-order valence-corrected chi connectivity index (χ0v) is 9.42. The second kappa shape index (κ2) is 5.89. The molecule has 2 N–H and O–H groups in total. The van der Waals surface area contributed by atoms with Gasteiger partial charge in [-0.3, -0.25) is 9.59 Å². The number of para-hydroxylation sites is 1. The van der Waals surface area contributed by atoms with Crippen LogP contribution in [0.1, 0.15) is 24.8 Å². The molecule has 1 unspecified atom stereocenters. The molecule has 0 aliphatic rings. The van der Waals surface area contributed by atoms with Crippen molar-refractivity contribution in [1.29, 1.82) is 0 Å². The van der Waals surface area contributed by atoms with Crippen LogP contribution in [0.15, 0.2) is 24.3 Å². The quantitative estimate of drug-likeness (QED) is 0.788. The van der Waals surface area contributed by atoms with Gasteiger partial charge in [-0.15, -0.1) is 0 Å². The summed E-state index contributed by atoms with van der Waals surface area (Å²) in [5.41, 5.74) is 0.393. The molecule has 1 rings (SSSR count). The van der Waals surface area contributed by atoms with Crippen LogP contribution in [0, 0.1) is 0 Å². The minimum absolute atomic E-state index is 0.393. The van der Waals surface area contributed by atoms with Crippen LogP contribution in [0.5, 0.6) is 5.75 Å². The second-order valence-electron chi connectivity index (χ2n) is 3.46. The number of ether oxygens (including phenoxy) is 1. The molecule has 5 nitrogen and oxygen atoms in total. The average molecular weight is 238 g/mol. The maximum absolute atomic E-state index is 11.1. The third kappa shape index (κ3) is 3.48. The van der Waals surface area contributed by atoms with Crippen molar-refractivity contribution in [3.05, 3.63) is 29.8 Å². The summed E-state index contributed by atoms with van der Waals surface area (Å²) in [4.78, 5) is 21.7. The van der Waals surface area contributed by atoms with Crippen molar-refractivity contribution in [3.63, 3.8) is 0 Å². The molecule has 0 saturated carbocycles. The summed E-state index contributed by atoms with van der Waals surface area (Å²) in [6, 6.07) is 6.59. The fourth-order valence-electron chi connectivity index (χ4n) is 1.56. The number of aliphatic carboxylic acids is 2. The first-order valence-electron chi connectivity index (χ1n) is 5.22. The number of rotatable bonds is 6.